The fourth-order valence-electron chi connectivity index (χ4n) is 4.74. The van der Waals surface area contributed by atoms with Gasteiger partial charge in [-0.15, -0.1) is 0 Å². The van der Waals surface area contributed by atoms with E-state index in [9.17, 15) is 0 Å². The van der Waals surface area contributed by atoms with E-state index in [1.165, 1.54) is 0 Å². The Morgan fingerprint density at radius 1 is 0.633 bits per heavy atom. The number of imidazole rings is 2. The third kappa shape index (κ3) is 16.2. The van der Waals surface area contributed by atoms with E-state index in [2.05, 4.69) is 44.4 Å². The molecule has 16 heteroatoms. The zero-order valence-electron chi connectivity index (χ0n) is 29.4. The van der Waals surface area contributed by atoms with Gasteiger partial charge in [0.25, 0.3) is 0 Å². The molecule has 0 spiro atoms. The zero-order chi connectivity index (χ0) is 36.3. The second-order valence-electron chi connectivity index (χ2n) is 9.35. The molecule has 2 heterocycles. The van der Waals surface area contributed by atoms with E-state index >= 15 is 0 Å². The van der Waals surface area contributed by atoms with Gasteiger partial charge in [0.2, 0.25) is 5.75 Å². The number of nitrogens with zero attached hydrogens (tertiary/aromatic N) is 5. The summed E-state index contributed by atoms with van der Waals surface area (Å²) < 4.78 is 44.1. The second kappa shape index (κ2) is 29.4. The van der Waals surface area contributed by atoms with Gasteiger partial charge < -0.3 is 56.7 Å². The fourth-order valence-corrected chi connectivity index (χ4v) is 4.74. The number of hydrogen-bond donors (Lipinski definition) is 0. The quantitative estimate of drug-likeness (QED) is 0.0876. The van der Waals surface area contributed by atoms with Gasteiger partial charge in [-0.25, -0.2) is 9.97 Å². The Morgan fingerprint density at radius 3 is 1.31 bits per heavy atom. The summed E-state index contributed by atoms with van der Waals surface area (Å²) in [6, 6.07) is 3.93. The van der Waals surface area contributed by atoms with Crippen molar-refractivity contribution >= 4 is 20.4 Å². The van der Waals surface area contributed by atoms with E-state index < -0.39 is 0 Å². The molecule has 0 aliphatic rings. The Morgan fingerprint density at radius 2 is 1.00 bits per heavy atom. The number of ether oxygens (including phenoxy) is 7. The summed E-state index contributed by atoms with van der Waals surface area (Å²) in [6.45, 7) is 22.6. The predicted octanol–water partition coefficient (Wildman–Crippen LogP) is 3.28. The molecule has 277 valence electrons. The van der Waals surface area contributed by atoms with Crippen LogP contribution in [0.5, 0.6) is 17.2 Å². The minimum atomic E-state index is -0.357. The van der Waals surface area contributed by atoms with Crippen molar-refractivity contribution in [3.05, 3.63) is 54.1 Å². The normalized spacial score (nSPS) is 10.2. The van der Waals surface area contributed by atoms with Gasteiger partial charge in [0.15, 0.2) is 24.1 Å². The van der Waals surface area contributed by atoms with Gasteiger partial charge in [-0.1, -0.05) is 0 Å². The summed E-state index contributed by atoms with van der Waals surface area (Å²) in [5, 5.41) is 0. The van der Waals surface area contributed by atoms with Crippen molar-refractivity contribution in [2.45, 2.75) is 73.0 Å². The van der Waals surface area contributed by atoms with E-state index in [0.717, 1.165) is 17.2 Å². The molecule has 1 aromatic carbocycles. The van der Waals surface area contributed by atoms with Crippen molar-refractivity contribution in [2.75, 3.05) is 47.8 Å². The molecule has 0 aliphatic carbocycles. The maximum atomic E-state index is 7.75. The molecule has 3 aromatic rings. The number of rotatable bonds is 21. The Labute approximate surface area is 303 Å². The third-order valence-electron chi connectivity index (χ3n) is 6.57. The molecule has 0 atom stereocenters. The molecular formula is C33H50N5O10Re-3. The first kappa shape index (κ1) is 47.6. The van der Waals surface area contributed by atoms with Crippen LogP contribution >= 0.6 is 0 Å². The number of carbonyl (C=O) groups excluding carboxylic acids is 3. The minimum Gasteiger partial charge on any atom is -0.545 e. The van der Waals surface area contributed by atoms with E-state index in [4.69, 9.17) is 47.5 Å². The molecule has 0 saturated heterocycles. The Bertz CT molecular complexity index is 1150. The van der Waals surface area contributed by atoms with E-state index in [1.807, 2.05) is 52.2 Å². The van der Waals surface area contributed by atoms with Crippen molar-refractivity contribution in [1.29, 1.82) is 0 Å². The van der Waals surface area contributed by atoms with Crippen molar-refractivity contribution < 1.29 is 68.0 Å². The van der Waals surface area contributed by atoms with Gasteiger partial charge in [-0.2, -0.15) is 0 Å². The molecular weight excluding hydrogens is 813 g/mol. The van der Waals surface area contributed by atoms with Crippen LogP contribution in [0.2, 0.25) is 0 Å². The van der Waals surface area contributed by atoms with Crippen LogP contribution in [0, 0.1) is 0 Å². The summed E-state index contributed by atoms with van der Waals surface area (Å²) in [4.78, 5) is 34.9. The van der Waals surface area contributed by atoms with Crippen LogP contribution in [0.3, 0.4) is 0 Å². The standard InChI is InChI=1S/C30H47N5O7.3CHO.Re/c1-8-39-28(40-9-2)21-34-14-12-31-26(34)19-33(18-23-16-24(36-5)30(38-7)25(17-23)37-6)20-27-32-13-15-35(27)22-29(41-10-3)42-11-4;3*1-2;/h12-17,28-29H,8-11,18-22H2,1-7H3;3*1H;/q;3*-1;. The van der Waals surface area contributed by atoms with Crippen LogP contribution in [-0.2, 0) is 86.5 Å². The largest absolute Gasteiger partial charge is 0.545 e. The maximum Gasteiger partial charge on any atom is 0.203 e. The molecule has 0 saturated carbocycles. The third-order valence-corrected chi connectivity index (χ3v) is 6.57. The van der Waals surface area contributed by atoms with Crippen LogP contribution in [-0.4, -0.2) is 105 Å². The van der Waals surface area contributed by atoms with Gasteiger partial charge >= 0.3 is 0 Å². The average Bonchev–Trinajstić information content (AvgIpc) is 3.75. The molecule has 2 aromatic heterocycles. The molecule has 3 rings (SSSR count). The van der Waals surface area contributed by atoms with Gasteiger partial charge in [-0.05, 0) is 45.4 Å². The van der Waals surface area contributed by atoms with Gasteiger partial charge in [0.1, 0.15) is 11.6 Å². The van der Waals surface area contributed by atoms with Crippen LogP contribution in [0.25, 0.3) is 0 Å². The first-order valence-corrected chi connectivity index (χ1v) is 15.2. The number of hydrogen-bond acceptors (Lipinski definition) is 13. The number of aromatic nitrogens is 4. The zero-order valence-corrected chi connectivity index (χ0v) is 32.1. The van der Waals surface area contributed by atoms with Crippen LogP contribution < -0.4 is 14.2 Å². The van der Waals surface area contributed by atoms with Crippen molar-refractivity contribution in [3.63, 3.8) is 0 Å². The van der Waals surface area contributed by atoms with Gasteiger partial charge in [0, 0.05) is 78.2 Å². The van der Waals surface area contributed by atoms with E-state index in [-0.39, 0.29) is 33.0 Å². The Balaban J connectivity index is 0. The monoisotopic (exact) mass is 863 g/mol. The first-order chi connectivity index (χ1) is 23.5. The van der Waals surface area contributed by atoms with E-state index in [0.29, 0.717) is 76.4 Å². The van der Waals surface area contributed by atoms with E-state index in [1.54, 1.807) is 33.7 Å². The van der Waals surface area contributed by atoms with Crippen molar-refractivity contribution in [3.8, 4) is 17.2 Å². The molecule has 0 fully saturated rings. The van der Waals surface area contributed by atoms with Crippen LogP contribution in [0.1, 0.15) is 44.9 Å². The summed E-state index contributed by atoms with van der Waals surface area (Å²) in [6.07, 6.45) is 6.80. The van der Waals surface area contributed by atoms with Gasteiger partial charge in [-0.3, -0.25) is 25.3 Å². The van der Waals surface area contributed by atoms with Crippen LogP contribution in [0.15, 0.2) is 36.9 Å². The molecule has 15 nitrogen and oxygen atoms in total. The molecule has 0 bridgehead atoms. The maximum absolute atomic E-state index is 7.75. The minimum absolute atomic E-state index is 0. The Kier molecular flexibility index (Phi) is 28.6. The first-order valence-electron chi connectivity index (χ1n) is 15.2. The van der Waals surface area contributed by atoms with Crippen molar-refractivity contribution in [1.82, 2.24) is 24.0 Å². The van der Waals surface area contributed by atoms with Crippen molar-refractivity contribution in [2.24, 2.45) is 0 Å². The smallest absolute Gasteiger partial charge is 0.203 e. The molecule has 0 N–H and O–H groups in total. The SMILES string of the molecule is CCOC(Cn1ccnc1CN(Cc1cc(OC)c(OC)c(OC)c1)Cc1nccn1CC(OCC)OCC)OCC.[CH-]=O.[CH-]=O.[CH-]=O.[Re]. The Hall–Kier alpha value is -3.49. The summed E-state index contributed by atoms with van der Waals surface area (Å²) in [5.74, 6) is 3.51. The van der Waals surface area contributed by atoms with Crippen LogP contribution in [0.4, 0.5) is 0 Å². The molecule has 1 radical (unpaired) electrons. The van der Waals surface area contributed by atoms with Gasteiger partial charge in [0.05, 0.1) is 47.5 Å². The predicted molar refractivity (Wildman–Crippen MR) is 178 cm³/mol. The molecule has 49 heavy (non-hydrogen) atoms. The topological polar surface area (TPSA) is 155 Å². The molecule has 0 unspecified atom stereocenters. The molecule has 0 amide bonds. The average molecular weight is 863 g/mol. The number of benzene rings is 1. The summed E-state index contributed by atoms with van der Waals surface area (Å²) >= 11 is 0. The number of methoxy groups -OCH3 is 3. The molecule has 0 aliphatic heterocycles. The summed E-state index contributed by atoms with van der Waals surface area (Å²) in [7, 11) is 4.83. The fraction of sp³-hybridized carbons (Fsp3) is 0.545. The second-order valence-corrected chi connectivity index (χ2v) is 9.35. The summed E-state index contributed by atoms with van der Waals surface area (Å²) in [5.41, 5.74) is 0.990.